The van der Waals surface area contributed by atoms with Crippen LogP contribution in [0.3, 0.4) is 0 Å². The van der Waals surface area contributed by atoms with Gasteiger partial charge in [0.1, 0.15) is 5.56 Å². The first kappa shape index (κ1) is 13.0. The standard InChI is InChI=1S/C13H14N4O2/c1-4-19-13(18)11-10(5-6-14)16-17-9(3)7-8(2)15-12(11)17/h7H,4-5H2,1-3H3. The van der Waals surface area contributed by atoms with Crippen molar-refractivity contribution in [2.45, 2.75) is 27.2 Å². The maximum atomic E-state index is 12.0. The predicted molar refractivity (Wildman–Crippen MR) is 67.7 cm³/mol. The van der Waals surface area contributed by atoms with Gasteiger partial charge in [0.15, 0.2) is 5.65 Å². The highest BCUT2D eigenvalue weighted by molar-refractivity contribution is 5.97. The first-order valence-electron chi connectivity index (χ1n) is 5.98. The number of nitriles is 1. The molecule has 0 radical (unpaired) electrons. The zero-order valence-corrected chi connectivity index (χ0v) is 11.1. The summed E-state index contributed by atoms with van der Waals surface area (Å²) in [5.41, 5.74) is 2.79. The minimum atomic E-state index is -0.486. The molecular weight excluding hydrogens is 244 g/mol. The van der Waals surface area contributed by atoms with Gasteiger partial charge in [-0.05, 0) is 26.8 Å². The molecule has 6 heteroatoms. The summed E-state index contributed by atoms with van der Waals surface area (Å²) in [7, 11) is 0. The van der Waals surface area contributed by atoms with Crippen molar-refractivity contribution in [3.63, 3.8) is 0 Å². The average Bonchev–Trinajstić information content (AvgIpc) is 2.68. The van der Waals surface area contributed by atoms with Crippen LogP contribution in [0.4, 0.5) is 0 Å². The number of nitrogens with zero attached hydrogens (tertiary/aromatic N) is 4. The van der Waals surface area contributed by atoms with Crippen LogP contribution < -0.4 is 0 Å². The minimum Gasteiger partial charge on any atom is -0.462 e. The number of esters is 1. The van der Waals surface area contributed by atoms with Crippen LogP contribution >= 0.6 is 0 Å². The van der Waals surface area contributed by atoms with Gasteiger partial charge in [-0.1, -0.05) is 0 Å². The van der Waals surface area contributed by atoms with Gasteiger partial charge in [-0.2, -0.15) is 10.4 Å². The predicted octanol–water partition coefficient (Wildman–Crippen LogP) is 1.59. The Bertz CT molecular complexity index is 682. The van der Waals surface area contributed by atoms with E-state index in [2.05, 4.69) is 10.1 Å². The van der Waals surface area contributed by atoms with Crippen molar-refractivity contribution < 1.29 is 9.53 Å². The average molecular weight is 258 g/mol. The Morgan fingerprint density at radius 1 is 1.53 bits per heavy atom. The van der Waals surface area contributed by atoms with Gasteiger partial charge in [-0.15, -0.1) is 0 Å². The Balaban J connectivity index is 2.73. The molecule has 19 heavy (non-hydrogen) atoms. The molecule has 2 aromatic rings. The van der Waals surface area contributed by atoms with E-state index in [0.717, 1.165) is 11.4 Å². The topological polar surface area (TPSA) is 80.3 Å². The van der Waals surface area contributed by atoms with E-state index in [4.69, 9.17) is 10.00 Å². The van der Waals surface area contributed by atoms with E-state index in [1.807, 2.05) is 26.0 Å². The second-order valence-electron chi connectivity index (χ2n) is 4.15. The maximum absolute atomic E-state index is 12.0. The highest BCUT2D eigenvalue weighted by atomic mass is 16.5. The van der Waals surface area contributed by atoms with E-state index in [1.165, 1.54) is 0 Å². The van der Waals surface area contributed by atoms with Crippen molar-refractivity contribution in [3.8, 4) is 6.07 Å². The van der Waals surface area contributed by atoms with Crippen molar-refractivity contribution >= 4 is 11.6 Å². The van der Waals surface area contributed by atoms with Crippen LogP contribution in [0.2, 0.25) is 0 Å². The van der Waals surface area contributed by atoms with E-state index in [1.54, 1.807) is 11.4 Å². The molecule has 0 atom stereocenters. The first-order valence-corrected chi connectivity index (χ1v) is 5.98. The number of ether oxygens (including phenoxy) is 1. The molecule has 6 nitrogen and oxygen atoms in total. The van der Waals surface area contributed by atoms with Crippen molar-refractivity contribution in [2.75, 3.05) is 6.61 Å². The number of hydrogen-bond acceptors (Lipinski definition) is 5. The fourth-order valence-electron chi connectivity index (χ4n) is 1.98. The smallest absolute Gasteiger partial charge is 0.343 e. The van der Waals surface area contributed by atoms with Gasteiger partial charge < -0.3 is 4.74 Å². The summed E-state index contributed by atoms with van der Waals surface area (Å²) in [6, 6.07) is 3.87. The third-order valence-electron chi connectivity index (χ3n) is 2.69. The summed E-state index contributed by atoms with van der Waals surface area (Å²) in [6.07, 6.45) is 0.0516. The van der Waals surface area contributed by atoms with Gasteiger partial charge in [-0.3, -0.25) is 0 Å². The second kappa shape index (κ2) is 5.06. The molecule has 0 saturated heterocycles. The van der Waals surface area contributed by atoms with E-state index in [-0.39, 0.29) is 18.6 Å². The van der Waals surface area contributed by atoms with Crippen molar-refractivity contribution in [3.05, 3.63) is 28.7 Å². The normalized spacial score (nSPS) is 10.4. The number of carbonyl (C=O) groups excluding carboxylic acids is 1. The Kier molecular flexibility index (Phi) is 3.47. The SMILES string of the molecule is CCOC(=O)c1c(CC#N)nn2c(C)cc(C)nc12. The molecule has 0 N–H and O–H groups in total. The Morgan fingerprint density at radius 2 is 2.26 bits per heavy atom. The fourth-order valence-corrected chi connectivity index (χ4v) is 1.98. The molecular formula is C13H14N4O2. The molecule has 0 amide bonds. The zero-order chi connectivity index (χ0) is 14.0. The molecule has 2 heterocycles. The molecule has 0 aliphatic heterocycles. The largest absolute Gasteiger partial charge is 0.462 e. The van der Waals surface area contributed by atoms with Gasteiger partial charge in [0.05, 0.1) is 24.8 Å². The zero-order valence-electron chi connectivity index (χ0n) is 11.1. The van der Waals surface area contributed by atoms with Gasteiger partial charge in [-0.25, -0.2) is 14.3 Å². The molecule has 0 aliphatic carbocycles. The highest BCUT2D eigenvalue weighted by Crippen LogP contribution is 2.18. The summed E-state index contributed by atoms with van der Waals surface area (Å²) in [4.78, 5) is 16.3. The first-order chi connectivity index (χ1) is 9.08. The number of fused-ring (bicyclic) bond motifs is 1. The number of aryl methyl sites for hydroxylation is 2. The quantitative estimate of drug-likeness (QED) is 0.781. The molecule has 0 spiro atoms. The third kappa shape index (κ3) is 2.27. The lowest BCUT2D eigenvalue weighted by molar-refractivity contribution is 0.0527. The molecule has 0 bridgehead atoms. The monoisotopic (exact) mass is 258 g/mol. The van der Waals surface area contributed by atoms with Gasteiger partial charge >= 0.3 is 5.97 Å². The van der Waals surface area contributed by atoms with Crippen LogP contribution in [0.1, 0.15) is 34.4 Å². The van der Waals surface area contributed by atoms with Gasteiger partial charge in [0.25, 0.3) is 0 Å². The van der Waals surface area contributed by atoms with Crippen LogP contribution in [-0.4, -0.2) is 27.2 Å². The molecule has 0 aliphatic rings. The molecule has 0 fully saturated rings. The lowest BCUT2D eigenvalue weighted by Crippen LogP contribution is -2.08. The van der Waals surface area contributed by atoms with E-state index >= 15 is 0 Å². The molecule has 2 rings (SSSR count). The van der Waals surface area contributed by atoms with Crippen LogP contribution in [-0.2, 0) is 11.2 Å². The fraction of sp³-hybridized carbons (Fsp3) is 0.385. The number of rotatable bonds is 3. The lowest BCUT2D eigenvalue weighted by Gasteiger charge is -2.02. The van der Waals surface area contributed by atoms with Crippen LogP contribution in [0.25, 0.3) is 5.65 Å². The number of carbonyl (C=O) groups is 1. The number of hydrogen-bond donors (Lipinski definition) is 0. The van der Waals surface area contributed by atoms with E-state index < -0.39 is 5.97 Å². The third-order valence-corrected chi connectivity index (χ3v) is 2.69. The van der Waals surface area contributed by atoms with E-state index in [0.29, 0.717) is 11.3 Å². The lowest BCUT2D eigenvalue weighted by atomic mass is 10.2. The Labute approximate surface area is 110 Å². The van der Waals surface area contributed by atoms with E-state index in [9.17, 15) is 4.79 Å². The molecule has 0 aromatic carbocycles. The molecule has 0 unspecified atom stereocenters. The highest BCUT2D eigenvalue weighted by Gasteiger charge is 2.22. The second-order valence-corrected chi connectivity index (χ2v) is 4.15. The van der Waals surface area contributed by atoms with Crippen molar-refractivity contribution in [1.29, 1.82) is 5.26 Å². The van der Waals surface area contributed by atoms with Crippen molar-refractivity contribution in [2.24, 2.45) is 0 Å². The minimum absolute atomic E-state index is 0.0516. The molecule has 2 aromatic heterocycles. The van der Waals surface area contributed by atoms with Gasteiger partial charge in [0.2, 0.25) is 0 Å². The summed E-state index contributed by atoms with van der Waals surface area (Å²) < 4.78 is 6.59. The maximum Gasteiger partial charge on any atom is 0.343 e. The summed E-state index contributed by atoms with van der Waals surface area (Å²) in [5.74, 6) is -0.486. The van der Waals surface area contributed by atoms with Crippen molar-refractivity contribution in [1.82, 2.24) is 14.6 Å². The summed E-state index contributed by atoms with van der Waals surface area (Å²) >= 11 is 0. The summed E-state index contributed by atoms with van der Waals surface area (Å²) in [6.45, 7) is 5.73. The van der Waals surface area contributed by atoms with Crippen LogP contribution in [0.5, 0.6) is 0 Å². The summed E-state index contributed by atoms with van der Waals surface area (Å²) in [5, 5.41) is 13.1. The van der Waals surface area contributed by atoms with Crippen LogP contribution in [0, 0.1) is 25.2 Å². The van der Waals surface area contributed by atoms with Crippen LogP contribution in [0.15, 0.2) is 6.07 Å². The molecule has 98 valence electrons. The molecule has 0 saturated carbocycles. The van der Waals surface area contributed by atoms with Gasteiger partial charge in [0, 0.05) is 11.4 Å². The Hall–Kier alpha value is -2.42. The Morgan fingerprint density at radius 3 is 2.89 bits per heavy atom. The number of aromatic nitrogens is 3.